The Morgan fingerprint density at radius 3 is 0.930 bits per heavy atom. The summed E-state index contributed by atoms with van der Waals surface area (Å²) in [6, 6.07) is -8.46. The van der Waals surface area contributed by atoms with Crippen molar-refractivity contribution in [1.29, 1.82) is 0 Å². The van der Waals surface area contributed by atoms with E-state index in [1.54, 1.807) is 0 Å². The third-order valence-electron chi connectivity index (χ3n) is 4.84. The third-order valence-corrected chi connectivity index (χ3v) is 4.84. The fourth-order valence-electron chi connectivity index (χ4n) is 2.52. The molecule has 0 atom stereocenters. The van der Waals surface area contributed by atoms with Gasteiger partial charge in [-0.2, -0.15) is 110 Å². The van der Waals surface area contributed by atoms with E-state index in [1.807, 2.05) is 0 Å². The molecule has 0 heterocycles. The predicted octanol–water partition coefficient (Wildman–Crippen LogP) is 9.04. The fourth-order valence-corrected chi connectivity index (χ4v) is 2.52. The average molecular weight is 713 g/mol. The van der Waals surface area contributed by atoms with Gasteiger partial charge in [0.2, 0.25) is 0 Å². The van der Waals surface area contributed by atoms with Gasteiger partial charge in [0.05, 0.1) is 19.5 Å². The second-order valence-corrected chi connectivity index (χ2v) is 8.20. The lowest BCUT2D eigenvalue weighted by atomic mass is 9.98. The van der Waals surface area contributed by atoms with Crippen LogP contribution in [0.15, 0.2) is 0 Å². The van der Waals surface area contributed by atoms with Crippen molar-refractivity contribution in [2.45, 2.75) is 78.4 Å². The number of hydrogen-bond donors (Lipinski definition) is 0. The minimum absolute atomic E-state index is 3.68. The fraction of sp³-hybridized carbons (Fsp3) is 1.00. The van der Waals surface area contributed by atoms with Gasteiger partial charge in [0.25, 0.3) is 5.92 Å². The van der Waals surface area contributed by atoms with Crippen molar-refractivity contribution in [3.8, 4) is 0 Å². The molecule has 28 heteroatoms. The van der Waals surface area contributed by atoms with E-state index in [0.717, 1.165) is 0 Å². The zero-order chi connectivity index (χ0) is 35.7. The van der Waals surface area contributed by atoms with Crippen molar-refractivity contribution in [2.24, 2.45) is 0 Å². The van der Waals surface area contributed by atoms with Gasteiger partial charge in [0.1, 0.15) is 0 Å². The molecule has 0 fully saturated rings. The van der Waals surface area contributed by atoms with Crippen LogP contribution >= 0.6 is 0 Å². The van der Waals surface area contributed by atoms with Crippen LogP contribution in [0.2, 0.25) is 0 Å². The van der Waals surface area contributed by atoms with Crippen LogP contribution in [0.4, 0.5) is 119 Å². The molecule has 0 saturated heterocycles. The first-order valence-electron chi connectivity index (χ1n) is 9.37. The van der Waals surface area contributed by atoms with Gasteiger partial charge in [-0.1, -0.05) is 0 Å². The van der Waals surface area contributed by atoms with Crippen molar-refractivity contribution in [1.82, 2.24) is 4.90 Å². The van der Waals surface area contributed by atoms with Crippen LogP contribution in [0.25, 0.3) is 0 Å². The number of alkyl halides is 27. The zero-order valence-electron chi connectivity index (χ0n) is 18.8. The summed E-state index contributed by atoms with van der Waals surface area (Å²) >= 11 is 0. The minimum atomic E-state index is -8.85. The lowest BCUT2D eigenvalue weighted by molar-refractivity contribution is -0.444. The molecule has 0 aliphatic rings. The molecule has 0 amide bonds. The highest BCUT2D eigenvalue weighted by molar-refractivity contribution is 5.08. The van der Waals surface area contributed by atoms with E-state index in [9.17, 15) is 119 Å². The maximum absolute atomic E-state index is 14.2. The van der Waals surface area contributed by atoms with E-state index >= 15 is 0 Å². The van der Waals surface area contributed by atoms with E-state index in [2.05, 4.69) is 0 Å². The number of halogens is 27. The minimum Gasteiger partial charge on any atom is -0.227 e. The third kappa shape index (κ3) is 6.85. The van der Waals surface area contributed by atoms with Crippen LogP contribution < -0.4 is 0 Å². The number of hydrogen-bond acceptors (Lipinski definition) is 1. The summed E-state index contributed by atoms with van der Waals surface area (Å²) in [6.45, 7) is -9.74. The summed E-state index contributed by atoms with van der Waals surface area (Å²) in [5.74, 6) is -64.4. The van der Waals surface area contributed by atoms with Crippen molar-refractivity contribution >= 4 is 0 Å². The average Bonchev–Trinajstić information content (AvgIpc) is 2.68. The zero-order valence-corrected chi connectivity index (χ0v) is 18.8. The van der Waals surface area contributed by atoms with Crippen molar-refractivity contribution in [3.63, 3.8) is 0 Å². The van der Waals surface area contributed by atoms with Gasteiger partial charge in [0.15, 0.2) is 0 Å². The molecular weight excluding hydrogens is 707 g/mol. The smallest absolute Gasteiger partial charge is 0.227 e. The van der Waals surface area contributed by atoms with Crippen LogP contribution in [0.3, 0.4) is 0 Å². The lowest BCUT2D eigenvalue weighted by Gasteiger charge is -2.44. The van der Waals surface area contributed by atoms with Crippen molar-refractivity contribution < 1.29 is 119 Å². The second-order valence-electron chi connectivity index (χ2n) is 8.20. The molecular formula is C15H6F27N. The maximum atomic E-state index is 14.2. The van der Waals surface area contributed by atoms with Gasteiger partial charge in [-0.25, -0.2) is 13.7 Å². The SMILES string of the molecule is FC(F)(CN(CC(F)(F)C(F)(F)C(F)(F)C(F)(F)F)C(F)(F)C(F)(F)C(F)(F)C(F)(F)C(F)(F)F)CC(F)(F)C(F)(F)F. The molecule has 0 aromatic carbocycles. The first-order valence-corrected chi connectivity index (χ1v) is 9.37. The van der Waals surface area contributed by atoms with Crippen LogP contribution in [0.1, 0.15) is 6.42 Å². The molecule has 260 valence electrons. The van der Waals surface area contributed by atoms with Gasteiger partial charge >= 0.3 is 66.0 Å². The summed E-state index contributed by atoms with van der Waals surface area (Å²) in [5.41, 5.74) is 0. The summed E-state index contributed by atoms with van der Waals surface area (Å²) in [7, 11) is 0. The molecule has 0 radical (unpaired) electrons. The molecule has 0 aromatic heterocycles. The summed E-state index contributed by atoms with van der Waals surface area (Å²) < 4.78 is 351. The van der Waals surface area contributed by atoms with E-state index < -0.39 is 96.4 Å². The molecule has 0 rings (SSSR count). The molecule has 43 heavy (non-hydrogen) atoms. The Morgan fingerprint density at radius 2 is 0.628 bits per heavy atom. The Labute approximate surface area is 216 Å². The Hall–Kier alpha value is -1.93. The number of nitrogens with zero attached hydrogens (tertiary/aromatic N) is 1. The molecule has 0 saturated carbocycles. The Balaban J connectivity index is 7.39. The standard InChI is InChI=1S/C15H6F27N/c16-4(17,1-5(18,19)12(32,33)34)2-43(3-6(20,21)7(22,23)9(26,27)13(35,36)37)15(41,42)11(30,31)8(24,25)10(28,29)14(38,39)40/h1-3H2. The van der Waals surface area contributed by atoms with E-state index in [0.29, 0.717) is 0 Å². The number of rotatable bonds is 12. The van der Waals surface area contributed by atoms with E-state index in [1.165, 1.54) is 0 Å². The van der Waals surface area contributed by atoms with Gasteiger partial charge in [-0.15, -0.1) is 0 Å². The topological polar surface area (TPSA) is 3.24 Å². The highest BCUT2D eigenvalue weighted by atomic mass is 19.4. The van der Waals surface area contributed by atoms with Gasteiger partial charge in [-0.3, -0.25) is 0 Å². The summed E-state index contributed by atoms with van der Waals surface area (Å²) in [5, 5.41) is 0. The van der Waals surface area contributed by atoms with Gasteiger partial charge in [-0.05, 0) is 0 Å². The Bertz CT molecular complexity index is 962. The van der Waals surface area contributed by atoms with Gasteiger partial charge < -0.3 is 0 Å². The normalized spacial score (nSPS) is 16.7. The summed E-state index contributed by atoms with van der Waals surface area (Å²) in [4.78, 5) is -3.68. The van der Waals surface area contributed by atoms with Crippen LogP contribution in [0, 0.1) is 0 Å². The second kappa shape index (κ2) is 10.6. The summed E-state index contributed by atoms with van der Waals surface area (Å²) in [6.07, 6.45) is -27.7. The molecule has 0 N–H and O–H groups in total. The van der Waals surface area contributed by atoms with Crippen LogP contribution in [-0.2, 0) is 0 Å². The van der Waals surface area contributed by atoms with Crippen molar-refractivity contribution in [2.75, 3.05) is 13.1 Å². The van der Waals surface area contributed by atoms with E-state index in [4.69, 9.17) is 0 Å². The molecule has 0 aromatic rings. The van der Waals surface area contributed by atoms with Crippen LogP contribution in [-0.4, -0.2) is 89.9 Å². The molecule has 0 spiro atoms. The lowest BCUT2D eigenvalue weighted by Crippen LogP contribution is -2.72. The highest BCUT2D eigenvalue weighted by Crippen LogP contribution is 2.60. The molecule has 1 nitrogen and oxygen atoms in total. The largest absolute Gasteiger partial charge is 0.460 e. The Kier molecular flexibility index (Phi) is 10.1. The quantitative estimate of drug-likeness (QED) is 0.144. The monoisotopic (exact) mass is 713 g/mol. The maximum Gasteiger partial charge on any atom is 0.460 e. The molecule has 0 aliphatic carbocycles. The van der Waals surface area contributed by atoms with Gasteiger partial charge in [0, 0.05) is 0 Å². The molecule has 0 aliphatic heterocycles. The highest BCUT2D eigenvalue weighted by Gasteiger charge is 2.89. The molecule has 0 unspecified atom stereocenters. The predicted molar refractivity (Wildman–Crippen MR) is 78.9 cm³/mol. The molecule has 0 bridgehead atoms. The van der Waals surface area contributed by atoms with E-state index in [-0.39, 0.29) is 0 Å². The first-order chi connectivity index (χ1) is 18.0. The van der Waals surface area contributed by atoms with Crippen LogP contribution in [0.5, 0.6) is 0 Å². The Morgan fingerprint density at radius 1 is 0.302 bits per heavy atom. The first kappa shape index (κ1) is 41.1. The van der Waals surface area contributed by atoms with Crippen molar-refractivity contribution in [3.05, 3.63) is 0 Å².